The van der Waals surface area contributed by atoms with Crippen LogP contribution >= 0.6 is 11.8 Å². The quantitative estimate of drug-likeness (QED) is 0.789. The van der Waals surface area contributed by atoms with Crippen LogP contribution in [0.1, 0.15) is 40.0 Å². The molecule has 1 N–H and O–H groups in total. The molecule has 2 nitrogen and oxygen atoms in total. The van der Waals surface area contributed by atoms with Gasteiger partial charge in [-0.15, -0.1) is 0 Å². The lowest BCUT2D eigenvalue weighted by Crippen LogP contribution is -2.44. The van der Waals surface area contributed by atoms with Gasteiger partial charge in [-0.2, -0.15) is 11.8 Å². The Morgan fingerprint density at radius 2 is 2.18 bits per heavy atom. The van der Waals surface area contributed by atoms with E-state index >= 15 is 0 Å². The summed E-state index contributed by atoms with van der Waals surface area (Å²) in [6, 6.07) is 1.48. The van der Waals surface area contributed by atoms with Gasteiger partial charge < -0.3 is 5.32 Å². The van der Waals surface area contributed by atoms with Crippen molar-refractivity contribution in [2.24, 2.45) is 5.92 Å². The van der Waals surface area contributed by atoms with Gasteiger partial charge in [-0.05, 0) is 44.5 Å². The molecule has 2 unspecified atom stereocenters. The molecular weight excluding hydrogens is 228 g/mol. The molecule has 0 bridgehead atoms. The van der Waals surface area contributed by atoms with Crippen LogP contribution in [0.3, 0.4) is 0 Å². The van der Waals surface area contributed by atoms with E-state index in [0.29, 0.717) is 6.04 Å². The van der Waals surface area contributed by atoms with E-state index in [1.54, 1.807) is 0 Å². The summed E-state index contributed by atoms with van der Waals surface area (Å²) in [5.41, 5.74) is 0. The lowest BCUT2D eigenvalue weighted by atomic mass is 10.0. The number of hydrogen-bond donors (Lipinski definition) is 1. The van der Waals surface area contributed by atoms with Gasteiger partial charge in [0.15, 0.2) is 0 Å². The Kier molecular flexibility index (Phi) is 7.56. The third-order valence-corrected chi connectivity index (χ3v) is 4.33. The highest BCUT2D eigenvalue weighted by Crippen LogP contribution is 2.16. The van der Waals surface area contributed by atoms with Crippen LogP contribution in [0.25, 0.3) is 0 Å². The summed E-state index contributed by atoms with van der Waals surface area (Å²) in [7, 11) is 0. The maximum atomic E-state index is 3.72. The molecule has 0 amide bonds. The van der Waals surface area contributed by atoms with Gasteiger partial charge in [0.05, 0.1) is 0 Å². The number of nitrogens with one attached hydrogen (secondary N) is 1. The van der Waals surface area contributed by atoms with E-state index in [9.17, 15) is 0 Å². The summed E-state index contributed by atoms with van der Waals surface area (Å²) < 4.78 is 0. The summed E-state index contributed by atoms with van der Waals surface area (Å²) in [6.45, 7) is 10.7. The minimum absolute atomic E-state index is 0.702. The molecule has 1 aliphatic heterocycles. The van der Waals surface area contributed by atoms with E-state index in [4.69, 9.17) is 0 Å². The molecule has 1 aliphatic rings. The molecule has 17 heavy (non-hydrogen) atoms. The zero-order valence-corrected chi connectivity index (χ0v) is 12.9. The van der Waals surface area contributed by atoms with Crippen molar-refractivity contribution >= 4 is 11.8 Å². The number of rotatable bonds is 6. The van der Waals surface area contributed by atoms with Crippen LogP contribution in [0, 0.1) is 5.92 Å². The highest BCUT2D eigenvalue weighted by molar-refractivity contribution is 7.98. The second-order valence-corrected chi connectivity index (χ2v) is 6.56. The summed E-state index contributed by atoms with van der Waals surface area (Å²) in [6.07, 6.45) is 6.13. The largest absolute Gasteiger partial charge is 0.313 e. The van der Waals surface area contributed by atoms with Gasteiger partial charge in [0.1, 0.15) is 0 Å². The molecule has 102 valence electrons. The van der Waals surface area contributed by atoms with E-state index < -0.39 is 0 Å². The lowest BCUT2D eigenvalue weighted by Gasteiger charge is -2.32. The highest BCUT2D eigenvalue weighted by atomic mass is 32.2. The SMILES string of the molecule is CCC(CSC)N1CCCNC(CC(C)C)C1. The molecule has 1 heterocycles. The molecular formula is C14H30N2S. The van der Waals surface area contributed by atoms with Crippen LogP contribution in [0.2, 0.25) is 0 Å². The molecule has 0 aromatic carbocycles. The first-order valence-corrected chi connectivity index (χ1v) is 8.53. The third-order valence-electron chi connectivity index (χ3n) is 3.61. The van der Waals surface area contributed by atoms with E-state index in [1.807, 2.05) is 11.8 Å². The van der Waals surface area contributed by atoms with E-state index in [0.717, 1.165) is 12.0 Å². The fraction of sp³-hybridized carbons (Fsp3) is 1.00. The van der Waals surface area contributed by atoms with Crippen molar-refractivity contribution in [1.29, 1.82) is 0 Å². The van der Waals surface area contributed by atoms with Crippen molar-refractivity contribution < 1.29 is 0 Å². The van der Waals surface area contributed by atoms with Crippen LogP contribution in [0.4, 0.5) is 0 Å². The Hall–Kier alpha value is 0.270. The molecule has 0 aromatic heterocycles. The van der Waals surface area contributed by atoms with E-state index in [1.165, 1.54) is 44.6 Å². The standard InChI is InChI=1S/C14H30N2S/c1-5-14(11-17-4)16-8-6-7-15-13(10-16)9-12(2)3/h12-15H,5-11H2,1-4H3. The van der Waals surface area contributed by atoms with Gasteiger partial charge in [0.25, 0.3) is 0 Å². The van der Waals surface area contributed by atoms with Crippen molar-refractivity contribution in [2.75, 3.05) is 31.6 Å². The van der Waals surface area contributed by atoms with Gasteiger partial charge in [-0.25, -0.2) is 0 Å². The molecule has 0 spiro atoms. The van der Waals surface area contributed by atoms with Crippen LogP contribution in [-0.4, -0.2) is 48.6 Å². The minimum Gasteiger partial charge on any atom is -0.313 e. The van der Waals surface area contributed by atoms with Gasteiger partial charge >= 0.3 is 0 Å². The topological polar surface area (TPSA) is 15.3 Å². The predicted molar refractivity (Wildman–Crippen MR) is 79.9 cm³/mol. The molecule has 0 aromatic rings. The molecule has 1 rings (SSSR count). The normalized spacial score (nSPS) is 24.9. The zero-order chi connectivity index (χ0) is 12.7. The number of nitrogens with zero attached hydrogens (tertiary/aromatic N) is 1. The van der Waals surface area contributed by atoms with Gasteiger partial charge in [0.2, 0.25) is 0 Å². The van der Waals surface area contributed by atoms with Gasteiger partial charge in [0, 0.05) is 24.4 Å². The summed E-state index contributed by atoms with van der Waals surface area (Å²) >= 11 is 1.99. The van der Waals surface area contributed by atoms with Crippen molar-refractivity contribution in [2.45, 2.75) is 52.1 Å². The van der Waals surface area contributed by atoms with Crippen molar-refractivity contribution in [3.05, 3.63) is 0 Å². The summed E-state index contributed by atoms with van der Waals surface area (Å²) in [5.74, 6) is 2.08. The van der Waals surface area contributed by atoms with Crippen LogP contribution in [0.15, 0.2) is 0 Å². The smallest absolute Gasteiger partial charge is 0.0197 e. The van der Waals surface area contributed by atoms with E-state index in [-0.39, 0.29) is 0 Å². The van der Waals surface area contributed by atoms with E-state index in [2.05, 4.69) is 37.2 Å². The Bertz CT molecular complexity index is 197. The summed E-state index contributed by atoms with van der Waals surface area (Å²) in [5, 5.41) is 3.72. The first kappa shape index (κ1) is 15.3. The maximum absolute atomic E-state index is 3.72. The first-order valence-electron chi connectivity index (χ1n) is 7.13. The molecule has 0 radical (unpaired) electrons. The molecule has 0 saturated carbocycles. The second kappa shape index (κ2) is 8.39. The zero-order valence-electron chi connectivity index (χ0n) is 12.0. The fourth-order valence-corrected chi connectivity index (χ4v) is 3.59. The third kappa shape index (κ3) is 5.62. The Morgan fingerprint density at radius 3 is 2.76 bits per heavy atom. The van der Waals surface area contributed by atoms with Crippen molar-refractivity contribution in [3.63, 3.8) is 0 Å². The Balaban J connectivity index is 2.51. The minimum atomic E-state index is 0.702. The average molecular weight is 258 g/mol. The first-order chi connectivity index (χ1) is 8.17. The maximum Gasteiger partial charge on any atom is 0.0197 e. The Morgan fingerprint density at radius 1 is 1.41 bits per heavy atom. The molecule has 0 aliphatic carbocycles. The van der Waals surface area contributed by atoms with Gasteiger partial charge in [-0.1, -0.05) is 20.8 Å². The molecule has 2 atom stereocenters. The molecule has 1 saturated heterocycles. The lowest BCUT2D eigenvalue weighted by molar-refractivity contribution is 0.197. The van der Waals surface area contributed by atoms with Crippen molar-refractivity contribution in [1.82, 2.24) is 10.2 Å². The fourth-order valence-electron chi connectivity index (χ4n) is 2.76. The molecule has 3 heteroatoms. The highest BCUT2D eigenvalue weighted by Gasteiger charge is 2.23. The monoisotopic (exact) mass is 258 g/mol. The van der Waals surface area contributed by atoms with Crippen LogP contribution < -0.4 is 5.32 Å². The van der Waals surface area contributed by atoms with Crippen molar-refractivity contribution in [3.8, 4) is 0 Å². The second-order valence-electron chi connectivity index (χ2n) is 5.65. The van der Waals surface area contributed by atoms with Crippen LogP contribution in [-0.2, 0) is 0 Å². The number of thioether (sulfide) groups is 1. The number of hydrogen-bond acceptors (Lipinski definition) is 3. The molecule has 1 fully saturated rings. The average Bonchev–Trinajstić information content (AvgIpc) is 2.50. The van der Waals surface area contributed by atoms with Crippen LogP contribution in [0.5, 0.6) is 0 Å². The van der Waals surface area contributed by atoms with Gasteiger partial charge in [-0.3, -0.25) is 4.90 Å². The summed E-state index contributed by atoms with van der Waals surface area (Å²) in [4.78, 5) is 2.73. The predicted octanol–water partition coefficient (Wildman–Crippen LogP) is 2.84. The Labute approximate surface area is 112 Å².